The lowest BCUT2D eigenvalue weighted by molar-refractivity contribution is -0.116. The summed E-state index contributed by atoms with van der Waals surface area (Å²) in [6.45, 7) is 0. The Bertz CT molecular complexity index is 937. The molecule has 120 valence electrons. The minimum atomic E-state index is -0.280. The number of hydrogen-bond donors (Lipinski definition) is 1. The molecule has 5 heteroatoms. The number of benzene rings is 2. The highest BCUT2D eigenvalue weighted by molar-refractivity contribution is 9.10. The van der Waals surface area contributed by atoms with Crippen LogP contribution in [0.25, 0.3) is 11.1 Å². The van der Waals surface area contributed by atoms with E-state index in [1.807, 2.05) is 29.6 Å². The summed E-state index contributed by atoms with van der Waals surface area (Å²) >= 11 is 5.11. The minimum absolute atomic E-state index is 0.0106. The fourth-order valence-electron chi connectivity index (χ4n) is 3.09. The Balaban J connectivity index is 1.83. The molecule has 1 amide bonds. The molecule has 0 bridgehead atoms. The average molecular weight is 402 g/mol. The fourth-order valence-corrected chi connectivity index (χ4v) is 4.67. The van der Waals surface area contributed by atoms with Gasteiger partial charge in [-0.1, -0.05) is 40.2 Å². The van der Waals surface area contributed by atoms with E-state index in [0.717, 1.165) is 31.7 Å². The molecule has 2 heterocycles. The van der Waals surface area contributed by atoms with E-state index in [2.05, 4.69) is 27.3 Å². The van der Waals surface area contributed by atoms with Crippen molar-refractivity contribution in [3.8, 4) is 11.1 Å². The van der Waals surface area contributed by atoms with Crippen molar-refractivity contribution in [2.24, 2.45) is 0 Å². The number of nitrogens with one attached hydrogen (secondary N) is 1. The van der Waals surface area contributed by atoms with E-state index < -0.39 is 0 Å². The second kappa shape index (κ2) is 6.15. The highest BCUT2D eigenvalue weighted by Gasteiger charge is 2.30. The van der Waals surface area contributed by atoms with Crippen molar-refractivity contribution in [3.05, 3.63) is 74.6 Å². The molecule has 0 fully saturated rings. The van der Waals surface area contributed by atoms with Crippen LogP contribution in [0.5, 0.6) is 0 Å². The Morgan fingerprint density at radius 2 is 2.00 bits per heavy atom. The summed E-state index contributed by atoms with van der Waals surface area (Å²) < 4.78 is 14.6. The molecule has 2 aromatic carbocycles. The number of halogens is 2. The van der Waals surface area contributed by atoms with Gasteiger partial charge in [0, 0.05) is 32.6 Å². The maximum Gasteiger partial charge on any atom is 0.225 e. The van der Waals surface area contributed by atoms with Crippen molar-refractivity contribution in [2.45, 2.75) is 12.3 Å². The van der Waals surface area contributed by atoms with Gasteiger partial charge in [0.25, 0.3) is 0 Å². The van der Waals surface area contributed by atoms with E-state index in [9.17, 15) is 9.18 Å². The summed E-state index contributed by atoms with van der Waals surface area (Å²) in [5.74, 6) is -0.264. The number of hydrogen-bond acceptors (Lipinski definition) is 2. The number of fused-ring (bicyclic) bond motifs is 1. The molecule has 0 aliphatic carbocycles. The molecule has 3 aromatic rings. The smallest absolute Gasteiger partial charge is 0.225 e. The van der Waals surface area contributed by atoms with Crippen molar-refractivity contribution >= 4 is 38.9 Å². The zero-order valence-electron chi connectivity index (χ0n) is 12.6. The van der Waals surface area contributed by atoms with Crippen LogP contribution in [0.1, 0.15) is 22.8 Å². The van der Waals surface area contributed by atoms with E-state index in [1.165, 1.54) is 12.1 Å². The zero-order valence-corrected chi connectivity index (χ0v) is 15.0. The van der Waals surface area contributed by atoms with Gasteiger partial charge in [0.05, 0.1) is 5.69 Å². The summed E-state index contributed by atoms with van der Waals surface area (Å²) in [4.78, 5) is 13.4. The molecule has 1 N–H and O–H groups in total. The molecule has 24 heavy (non-hydrogen) atoms. The van der Waals surface area contributed by atoms with E-state index >= 15 is 0 Å². The predicted molar refractivity (Wildman–Crippen MR) is 98.9 cm³/mol. The van der Waals surface area contributed by atoms with Crippen molar-refractivity contribution in [3.63, 3.8) is 0 Å². The first-order valence-electron chi connectivity index (χ1n) is 7.54. The standard InChI is InChI=1S/C19H13BrFNOS/c20-13-5-1-3-11(7-13)15-9-17(23)22-18-16(10-24-19(15)18)12-4-2-6-14(21)8-12/h1-8,10,15H,9H2,(H,22,23). The van der Waals surface area contributed by atoms with Crippen LogP contribution in [0.2, 0.25) is 0 Å². The second-order valence-corrected chi connectivity index (χ2v) is 7.59. The van der Waals surface area contributed by atoms with Gasteiger partial charge in [-0.3, -0.25) is 4.79 Å². The normalized spacial score (nSPS) is 16.6. The largest absolute Gasteiger partial charge is 0.325 e. The molecule has 4 rings (SSSR count). The fraction of sp³-hybridized carbons (Fsp3) is 0.105. The van der Waals surface area contributed by atoms with Gasteiger partial charge in [0.2, 0.25) is 5.91 Å². The Hall–Kier alpha value is -1.98. The van der Waals surface area contributed by atoms with Crippen LogP contribution in [0.15, 0.2) is 58.4 Å². The summed E-state index contributed by atoms with van der Waals surface area (Å²) in [5, 5.41) is 4.97. The third kappa shape index (κ3) is 2.78. The number of rotatable bonds is 2. The highest BCUT2D eigenvalue weighted by Crippen LogP contribution is 2.46. The van der Waals surface area contributed by atoms with Crippen LogP contribution in [0.3, 0.4) is 0 Å². The van der Waals surface area contributed by atoms with Crippen LogP contribution in [-0.4, -0.2) is 5.91 Å². The SMILES string of the molecule is O=C1CC(c2cccc(Br)c2)c2scc(-c3cccc(F)c3)c2N1. The van der Waals surface area contributed by atoms with Crippen LogP contribution in [0.4, 0.5) is 10.1 Å². The van der Waals surface area contributed by atoms with Gasteiger partial charge >= 0.3 is 0 Å². The summed E-state index contributed by atoms with van der Waals surface area (Å²) in [6, 6.07) is 14.5. The first-order valence-corrected chi connectivity index (χ1v) is 9.22. The van der Waals surface area contributed by atoms with E-state index in [4.69, 9.17) is 0 Å². The highest BCUT2D eigenvalue weighted by atomic mass is 79.9. The number of thiophene rings is 1. The molecule has 0 radical (unpaired) electrons. The van der Waals surface area contributed by atoms with Gasteiger partial charge in [0.15, 0.2) is 0 Å². The molecule has 1 atom stereocenters. The van der Waals surface area contributed by atoms with Crippen LogP contribution < -0.4 is 5.32 Å². The van der Waals surface area contributed by atoms with Gasteiger partial charge in [-0.25, -0.2) is 4.39 Å². The lowest BCUT2D eigenvalue weighted by atomic mass is 9.89. The summed E-state index contributed by atoms with van der Waals surface area (Å²) in [6.07, 6.45) is 0.423. The Morgan fingerprint density at radius 1 is 1.17 bits per heavy atom. The van der Waals surface area contributed by atoms with Crippen molar-refractivity contribution in [1.29, 1.82) is 0 Å². The van der Waals surface area contributed by atoms with E-state index in [-0.39, 0.29) is 17.6 Å². The quantitative estimate of drug-likeness (QED) is 0.578. The monoisotopic (exact) mass is 401 g/mol. The van der Waals surface area contributed by atoms with Crippen molar-refractivity contribution in [1.82, 2.24) is 0 Å². The second-order valence-electron chi connectivity index (χ2n) is 5.76. The third-order valence-corrected chi connectivity index (χ3v) is 5.77. The maximum absolute atomic E-state index is 13.6. The van der Waals surface area contributed by atoms with Gasteiger partial charge in [-0.05, 0) is 35.4 Å². The predicted octanol–water partition coefficient (Wildman–Crippen LogP) is 5.79. The molecular formula is C19H13BrFNOS. The molecule has 1 aliphatic rings. The summed E-state index contributed by atoms with van der Waals surface area (Å²) in [7, 11) is 0. The lowest BCUT2D eigenvalue weighted by Gasteiger charge is -2.24. The average Bonchev–Trinajstić information content (AvgIpc) is 2.97. The van der Waals surface area contributed by atoms with Crippen molar-refractivity contribution in [2.75, 3.05) is 5.32 Å². The minimum Gasteiger partial charge on any atom is -0.325 e. The van der Waals surface area contributed by atoms with E-state index in [0.29, 0.717) is 6.42 Å². The molecule has 1 aromatic heterocycles. The third-order valence-electron chi connectivity index (χ3n) is 4.18. The van der Waals surface area contributed by atoms with Gasteiger partial charge in [-0.2, -0.15) is 0 Å². The first-order chi connectivity index (χ1) is 11.6. The number of amides is 1. The summed E-state index contributed by atoms with van der Waals surface area (Å²) in [5.41, 5.74) is 3.57. The molecule has 0 saturated carbocycles. The van der Waals surface area contributed by atoms with Crippen LogP contribution in [0, 0.1) is 5.82 Å². The Labute approximate surface area is 151 Å². The number of anilines is 1. The van der Waals surface area contributed by atoms with Gasteiger partial charge < -0.3 is 5.32 Å². The van der Waals surface area contributed by atoms with Crippen LogP contribution >= 0.6 is 27.3 Å². The van der Waals surface area contributed by atoms with E-state index in [1.54, 1.807) is 17.4 Å². The van der Waals surface area contributed by atoms with Gasteiger partial charge in [-0.15, -0.1) is 11.3 Å². The molecular weight excluding hydrogens is 389 g/mol. The molecule has 0 saturated heterocycles. The Kier molecular flexibility index (Phi) is 3.98. The van der Waals surface area contributed by atoms with Gasteiger partial charge in [0.1, 0.15) is 5.82 Å². The zero-order chi connectivity index (χ0) is 16.7. The number of carbonyl (C=O) groups is 1. The Morgan fingerprint density at radius 3 is 2.79 bits per heavy atom. The molecule has 1 aliphatic heterocycles. The van der Waals surface area contributed by atoms with Crippen LogP contribution in [-0.2, 0) is 4.79 Å². The molecule has 0 spiro atoms. The first kappa shape index (κ1) is 15.5. The maximum atomic E-state index is 13.6. The number of carbonyl (C=O) groups excluding carboxylic acids is 1. The molecule has 1 unspecified atom stereocenters. The topological polar surface area (TPSA) is 29.1 Å². The van der Waals surface area contributed by atoms with Crippen molar-refractivity contribution < 1.29 is 9.18 Å². The molecule has 2 nitrogen and oxygen atoms in total. The lowest BCUT2D eigenvalue weighted by Crippen LogP contribution is -2.22.